The molecule has 1 rings (SSSR count). The zero-order valence-electron chi connectivity index (χ0n) is 18.9. The Hall–Kier alpha value is -2.09. The van der Waals surface area contributed by atoms with Gasteiger partial charge in [-0.2, -0.15) is 0 Å². The zero-order chi connectivity index (χ0) is 21.2. The molecule has 0 bridgehead atoms. The second-order valence-corrected chi connectivity index (χ2v) is 8.21. The predicted octanol–water partition coefficient (Wildman–Crippen LogP) is 7.42. The monoisotopic (exact) mass is 382 g/mol. The van der Waals surface area contributed by atoms with Crippen LogP contribution in [0.5, 0.6) is 0 Å². The summed E-state index contributed by atoms with van der Waals surface area (Å²) in [5, 5.41) is 0. The fourth-order valence-corrected chi connectivity index (χ4v) is 3.47. The highest BCUT2D eigenvalue weighted by atomic mass is 16.5. The molecular formula is C26H38O2. The largest absolute Gasteiger partial charge is 0.463 e. The van der Waals surface area contributed by atoms with Crippen molar-refractivity contribution in [2.45, 2.75) is 74.1 Å². The molecule has 0 N–H and O–H groups in total. The van der Waals surface area contributed by atoms with Gasteiger partial charge in [0.15, 0.2) is 0 Å². The Morgan fingerprint density at radius 3 is 2.36 bits per heavy atom. The number of carbonyl (C=O) groups excluding carboxylic acids is 1. The first-order chi connectivity index (χ1) is 13.2. The number of rotatable bonds is 8. The van der Waals surface area contributed by atoms with E-state index >= 15 is 0 Å². The molecule has 0 aromatic heterocycles. The maximum atomic E-state index is 11.8. The maximum absolute atomic E-state index is 11.8. The summed E-state index contributed by atoms with van der Waals surface area (Å²) in [7, 11) is 0. The summed E-state index contributed by atoms with van der Waals surface area (Å²) in [6.07, 6.45) is 19.0. The average Bonchev–Trinajstić information content (AvgIpc) is 2.61. The Morgan fingerprint density at radius 1 is 1.07 bits per heavy atom. The first-order valence-corrected chi connectivity index (χ1v) is 10.5. The van der Waals surface area contributed by atoms with Crippen molar-refractivity contribution in [3.8, 4) is 0 Å². The zero-order valence-corrected chi connectivity index (χ0v) is 18.9. The molecule has 0 fully saturated rings. The minimum absolute atomic E-state index is 0.228. The van der Waals surface area contributed by atoms with Crippen molar-refractivity contribution in [2.24, 2.45) is 5.41 Å². The van der Waals surface area contributed by atoms with Gasteiger partial charge in [0.1, 0.15) is 0 Å². The fourth-order valence-electron chi connectivity index (χ4n) is 3.47. The minimum Gasteiger partial charge on any atom is -0.463 e. The molecule has 1 aliphatic rings. The van der Waals surface area contributed by atoms with Crippen molar-refractivity contribution in [2.75, 3.05) is 6.61 Å². The summed E-state index contributed by atoms with van der Waals surface area (Å²) >= 11 is 0. The standard InChI is InChI=1S/C26H38O2/c1-8-23(25(27)28-9-2)17-15-20(3)12-10-13-21(4)16-18-24-22(5)14-11-19-26(24,6)7/h10,12-13,15-18H,8-9,11,14,19H2,1-7H3/b12-10+,18-16+,20-15+,21-13+,23-17+. The summed E-state index contributed by atoms with van der Waals surface area (Å²) in [5.74, 6) is -0.228. The predicted molar refractivity (Wildman–Crippen MR) is 121 cm³/mol. The van der Waals surface area contributed by atoms with E-state index in [9.17, 15) is 4.79 Å². The van der Waals surface area contributed by atoms with E-state index in [1.165, 1.54) is 36.0 Å². The summed E-state index contributed by atoms with van der Waals surface area (Å²) in [5.41, 5.74) is 6.30. The highest BCUT2D eigenvalue weighted by molar-refractivity contribution is 5.88. The van der Waals surface area contributed by atoms with Crippen LogP contribution in [0.4, 0.5) is 0 Å². The third-order valence-electron chi connectivity index (χ3n) is 5.24. The molecule has 0 aromatic rings. The van der Waals surface area contributed by atoms with Crippen molar-refractivity contribution in [3.63, 3.8) is 0 Å². The van der Waals surface area contributed by atoms with Gasteiger partial charge < -0.3 is 4.74 Å². The molecule has 0 atom stereocenters. The lowest BCUT2D eigenvalue weighted by atomic mass is 9.72. The van der Waals surface area contributed by atoms with Gasteiger partial charge >= 0.3 is 5.97 Å². The molecule has 0 saturated heterocycles. The van der Waals surface area contributed by atoms with Crippen LogP contribution in [0.25, 0.3) is 0 Å². The van der Waals surface area contributed by atoms with Gasteiger partial charge in [0.05, 0.1) is 6.61 Å². The fraction of sp³-hybridized carbons (Fsp3) is 0.500. The number of allylic oxidation sites excluding steroid dienone is 11. The Kier molecular flexibility index (Phi) is 9.99. The van der Waals surface area contributed by atoms with Crippen LogP contribution in [0.1, 0.15) is 74.1 Å². The van der Waals surface area contributed by atoms with Crippen LogP contribution in [0.15, 0.2) is 70.4 Å². The molecular weight excluding hydrogens is 344 g/mol. The van der Waals surface area contributed by atoms with Gasteiger partial charge in [0.25, 0.3) is 0 Å². The van der Waals surface area contributed by atoms with E-state index < -0.39 is 0 Å². The van der Waals surface area contributed by atoms with E-state index in [1.54, 1.807) is 0 Å². The smallest absolute Gasteiger partial charge is 0.333 e. The summed E-state index contributed by atoms with van der Waals surface area (Å²) in [6.45, 7) is 15.3. The average molecular weight is 383 g/mol. The second kappa shape index (κ2) is 11.7. The number of carbonyl (C=O) groups is 1. The molecule has 2 heteroatoms. The van der Waals surface area contributed by atoms with Crippen LogP contribution in [0.3, 0.4) is 0 Å². The van der Waals surface area contributed by atoms with Gasteiger partial charge in [-0.05, 0) is 64.4 Å². The molecule has 0 radical (unpaired) electrons. The van der Waals surface area contributed by atoms with Gasteiger partial charge in [0.2, 0.25) is 0 Å². The third kappa shape index (κ3) is 7.88. The maximum Gasteiger partial charge on any atom is 0.333 e. The Morgan fingerprint density at radius 2 is 1.75 bits per heavy atom. The van der Waals surface area contributed by atoms with Gasteiger partial charge in [-0.1, -0.05) is 80.0 Å². The molecule has 0 heterocycles. The minimum atomic E-state index is -0.228. The molecule has 0 amide bonds. The quantitative estimate of drug-likeness (QED) is 0.248. The highest BCUT2D eigenvalue weighted by Gasteiger charge is 2.26. The SMILES string of the molecule is CCOC(=O)/C(=C/C=C(C)/C=C/C=C(C)/C=C/C1=C(C)CCCC1(C)C)CC. The third-order valence-corrected chi connectivity index (χ3v) is 5.24. The van der Waals surface area contributed by atoms with E-state index in [4.69, 9.17) is 4.74 Å². The van der Waals surface area contributed by atoms with E-state index in [0.717, 1.165) is 5.57 Å². The van der Waals surface area contributed by atoms with Gasteiger partial charge in [-0.25, -0.2) is 4.79 Å². The molecule has 2 nitrogen and oxygen atoms in total. The Bertz CT molecular complexity index is 722. The molecule has 0 saturated carbocycles. The topological polar surface area (TPSA) is 26.3 Å². The van der Waals surface area contributed by atoms with E-state index in [1.807, 2.05) is 32.9 Å². The number of hydrogen-bond acceptors (Lipinski definition) is 2. The summed E-state index contributed by atoms with van der Waals surface area (Å²) in [4.78, 5) is 11.8. The van der Waals surface area contributed by atoms with Gasteiger partial charge in [-0.15, -0.1) is 0 Å². The molecule has 154 valence electrons. The van der Waals surface area contributed by atoms with Gasteiger partial charge in [-0.3, -0.25) is 0 Å². The van der Waals surface area contributed by atoms with Crippen molar-refractivity contribution in [1.29, 1.82) is 0 Å². The highest BCUT2D eigenvalue weighted by Crippen LogP contribution is 2.40. The Balaban J connectivity index is 2.78. The second-order valence-electron chi connectivity index (χ2n) is 8.21. The van der Waals surface area contributed by atoms with E-state index in [-0.39, 0.29) is 11.4 Å². The van der Waals surface area contributed by atoms with Gasteiger partial charge in [0, 0.05) is 5.57 Å². The van der Waals surface area contributed by atoms with Crippen LogP contribution >= 0.6 is 0 Å². The first-order valence-electron chi connectivity index (χ1n) is 10.5. The van der Waals surface area contributed by atoms with Crippen molar-refractivity contribution in [1.82, 2.24) is 0 Å². The van der Waals surface area contributed by atoms with Crippen LogP contribution in [-0.4, -0.2) is 12.6 Å². The lowest BCUT2D eigenvalue weighted by Gasteiger charge is -2.32. The molecule has 1 aliphatic carbocycles. The number of hydrogen-bond donors (Lipinski definition) is 0. The van der Waals surface area contributed by atoms with Crippen LogP contribution in [0.2, 0.25) is 0 Å². The molecule has 0 aliphatic heterocycles. The molecule has 28 heavy (non-hydrogen) atoms. The lowest BCUT2D eigenvalue weighted by molar-refractivity contribution is -0.138. The van der Waals surface area contributed by atoms with Crippen LogP contribution in [0, 0.1) is 5.41 Å². The molecule has 0 unspecified atom stereocenters. The van der Waals surface area contributed by atoms with Crippen molar-refractivity contribution < 1.29 is 9.53 Å². The number of esters is 1. The number of ether oxygens (including phenoxy) is 1. The van der Waals surface area contributed by atoms with Crippen LogP contribution in [-0.2, 0) is 9.53 Å². The van der Waals surface area contributed by atoms with E-state index in [2.05, 4.69) is 58.1 Å². The van der Waals surface area contributed by atoms with Crippen molar-refractivity contribution >= 4 is 5.97 Å². The van der Waals surface area contributed by atoms with E-state index in [0.29, 0.717) is 18.6 Å². The van der Waals surface area contributed by atoms with Crippen LogP contribution < -0.4 is 0 Å². The Labute approximate surface area is 172 Å². The molecule has 0 spiro atoms. The summed E-state index contributed by atoms with van der Waals surface area (Å²) < 4.78 is 5.06. The molecule has 0 aromatic carbocycles. The lowest BCUT2D eigenvalue weighted by Crippen LogP contribution is -2.19. The van der Waals surface area contributed by atoms with Crippen molar-refractivity contribution in [3.05, 3.63) is 70.4 Å². The summed E-state index contributed by atoms with van der Waals surface area (Å²) in [6, 6.07) is 0. The normalized spacial score (nSPS) is 19.0. The first kappa shape index (κ1) is 23.9.